The Morgan fingerprint density at radius 3 is 2.38 bits per heavy atom. The van der Waals surface area contributed by atoms with E-state index in [-0.39, 0.29) is 18.2 Å². The zero-order chi connectivity index (χ0) is 19.2. The van der Waals surface area contributed by atoms with Crippen molar-refractivity contribution in [3.63, 3.8) is 0 Å². The lowest BCUT2D eigenvalue weighted by Crippen LogP contribution is -3.08. The number of quaternary nitrogens is 1. The first-order chi connectivity index (χ1) is 12.3. The SMILES string of the molecule is COc1ccccc1C[NH+](C)CC(=O)Nc1ccc(OC(F)(F)F)cc1. The Kier molecular flexibility index (Phi) is 6.46. The molecule has 0 fully saturated rings. The van der Waals surface area contributed by atoms with Gasteiger partial charge >= 0.3 is 6.36 Å². The van der Waals surface area contributed by atoms with Crippen molar-refractivity contribution in [3.8, 4) is 11.5 Å². The van der Waals surface area contributed by atoms with Gasteiger partial charge in [0.1, 0.15) is 18.0 Å². The molecule has 1 atom stereocenters. The maximum atomic E-state index is 12.1. The minimum Gasteiger partial charge on any atom is -0.496 e. The molecule has 140 valence electrons. The number of para-hydroxylation sites is 1. The third kappa shape index (κ3) is 6.29. The number of benzene rings is 2. The Bertz CT molecular complexity index is 733. The predicted molar refractivity (Wildman–Crippen MR) is 90.2 cm³/mol. The number of methoxy groups -OCH3 is 1. The van der Waals surface area contributed by atoms with E-state index in [2.05, 4.69) is 10.1 Å². The van der Waals surface area contributed by atoms with E-state index in [1.807, 2.05) is 31.3 Å². The van der Waals surface area contributed by atoms with Crippen LogP contribution in [-0.4, -0.2) is 33.0 Å². The number of alkyl halides is 3. The standard InChI is InChI=1S/C18H19F3N2O3/c1-23(11-13-5-3-4-6-16(13)25-2)12-17(24)22-14-7-9-15(10-8-14)26-18(19,20)21/h3-10H,11-12H2,1-2H3,(H,22,24)/p+1. The second-order valence-corrected chi connectivity index (χ2v) is 5.74. The van der Waals surface area contributed by atoms with Gasteiger partial charge in [-0.2, -0.15) is 0 Å². The lowest BCUT2D eigenvalue weighted by molar-refractivity contribution is -0.885. The normalized spacial score (nSPS) is 12.3. The van der Waals surface area contributed by atoms with E-state index in [4.69, 9.17) is 4.74 Å². The molecular formula is C18H20F3N2O3+. The number of carbonyl (C=O) groups excluding carboxylic acids is 1. The van der Waals surface area contributed by atoms with Gasteiger partial charge in [-0.25, -0.2) is 0 Å². The third-order valence-corrected chi connectivity index (χ3v) is 3.52. The molecule has 0 aromatic heterocycles. The van der Waals surface area contributed by atoms with Crippen LogP contribution in [0.15, 0.2) is 48.5 Å². The zero-order valence-corrected chi connectivity index (χ0v) is 14.4. The fourth-order valence-corrected chi connectivity index (χ4v) is 2.46. The van der Waals surface area contributed by atoms with Gasteiger partial charge in [0.05, 0.1) is 14.2 Å². The van der Waals surface area contributed by atoms with Crippen LogP contribution >= 0.6 is 0 Å². The number of hydrogen-bond donors (Lipinski definition) is 2. The molecule has 1 amide bonds. The zero-order valence-electron chi connectivity index (χ0n) is 14.4. The molecular weight excluding hydrogens is 349 g/mol. The van der Waals surface area contributed by atoms with Gasteiger partial charge in [0.15, 0.2) is 6.54 Å². The number of ether oxygens (including phenoxy) is 2. The maximum absolute atomic E-state index is 12.1. The molecule has 0 aliphatic rings. The minimum absolute atomic E-state index is 0.193. The highest BCUT2D eigenvalue weighted by Crippen LogP contribution is 2.23. The topological polar surface area (TPSA) is 52.0 Å². The number of hydrogen-bond acceptors (Lipinski definition) is 3. The van der Waals surface area contributed by atoms with Gasteiger partial charge in [0.2, 0.25) is 0 Å². The summed E-state index contributed by atoms with van der Waals surface area (Å²) in [4.78, 5) is 13.0. The fraction of sp³-hybridized carbons (Fsp3) is 0.278. The molecule has 2 N–H and O–H groups in total. The van der Waals surface area contributed by atoms with Crippen LogP contribution in [0, 0.1) is 0 Å². The number of nitrogens with one attached hydrogen (secondary N) is 2. The summed E-state index contributed by atoms with van der Waals surface area (Å²) in [6.07, 6.45) is -4.74. The van der Waals surface area contributed by atoms with Gasteiger partial charge in [-0.05, 0) is 36.4 Å². The van der Waals surface area contributed by atoms with Crippen LogP contribution in [0.3, 0.4) is 0 Å². The predicted octanol–water partition coefficient (Wildman–Crippen LogP) is 2.25. The average Bonchev–Trinajstić information content (AvgIpc) is 2.55. The van der Waals surface area contributed by atoms with Crippen molar-refractivity contribution in [1.82, 2.24) is 0 Å². The van der Waals surface area contributed by atoms with E-state index >= 15 is 0 Å². The molecule has 0 aliphatic heterocycles. The average molecular weight is 369 g/mol. The molecule has 2 aromatic rings. The smallest absolute Gasteiger partial charge is 0.496 e. The summed E-state index contributed by atoms with van der Waals surface area (Å²) >= 11 is 0. The largest absolute Gasteiger partial charge is 0.573 e. The number of amides is 1. The van der Waals surface area contributed by atoms with Crippen LogP contribution in [0.4, 0.5) is 18.9 Å². The molecule has 8 heteroatoms. The highest BCUT2D eigenvalue weighted by Gasteiger charge is 2.30. The second-order valence-electron chi connectivity index (χ2n) is 5.74. The van der Waals surface area contributed by atoms with Crippen molar-refractivity contribution in [2.24, 2.45) is 0 Å². The summed E-state index contributed by atoms with van der Waals surface area (Å²) in [5, 5.41) is 2.65. The van der Waals surface area contributed by atoms with Crippen molar-refractivity contribution in [1.29, 1.82) is 0 Å². The van der Waals surface area contributed by atoms with Crippen LogP contribution < -0.4 is 19.7 Å². The van der Waals surface area contributed by atoms with E-state index in [9.17, 15) is 18.0 Å². The molecule has 2 rings (SSSR count). The van der Waals surface area contributed by atoms with Gasteiger partial charge in [-0.15, -0.1) is 13.2 Å². The van der Waals surface area contributed by atoms with Gasteiger partial charge in [-0.1, -0.05) is 12.1 Å². The second kappa shape index (κ2) is 8.57. The molecule has 0 spiro atoms. The van der Waals surface area contributed by atoms with Crippen LogP contribution in [0.5, 0.6) is 11.5 Å². The molecule has 0 aliphatic carbocycles. The first kappa shape index (κ1) is 19.6. The van der Waals surface area contributed by atoms with E-state index < -0.39 is 6.36 Å². The highest BCUT2D eigenvalue weighted by molar-refractivity contribution is 5.91. The van der Waals surface area contributed by atoms with E-state index in [0.717, 1.165) is 28.3 Å². The van der Waals surface area contributed by atoms with Crippen LogP contribution in [0.1, 0.15) is 5.56 Å². The summed E-state index contributed by atoms with van der Waals surface area (Å²) in [6, 6.07) is 12.6. The molecule has 0 saturated carbocycles. The van der Waals surface area contributed by atoms with Gasteiger partial charge in [-0.3, -0.25) is 4.79 Å². The monoisotopic (exact) mass is 369 g/mol. The van der Waals surface area contributed by atoms with Crippen LogP contribution in [0.25, 0.3) is 0 Å². The maximum Gasteiger partial charge on any atom is 0.573 e. The van der Waals surface area contributed by atoms with Gasteiger partial charge in [0.25, 0.3) is 5.91 Å². The number of carbonyl (C=O) groups is 1. The molecule has 2 aromatic carbocycles. The number of rotatable bonds is 7. The Morgan fingerprint density at radius 1 is 1.12 bits per heavy atom. The first-order valence-corrected chi connectivity index (χ1v) is 7.85. The Morgan fingerprint density at radius 2 is 1.77 bits per heavy atom. The van der Waals surface area contributed by atoms with Crippen molar-refractivity contribution >= 4 is 11.6 Å². The molecule has 5 nitrogen and oxygen atoms in total. The van der Waals surface area contributed by atoms with Crippen LogP contribution in [-0.2, 0) is 11.3 Å². The minimum atomic E-state index is -4.74. The van der Waals surface area contributed by atoms with Gasteiger partial charge < -0.3 is 19.7 Å². The highest BCUT2D eigenvalue weighted by atomic mass is 19.4. The fourth-order valence-electron chi connectivity index (χ4n) is 2.46. The van der Waals surface area contributed by atoms with Gasteiger partial charge in [0, 0.05) is 11.3 Å². The van der Waals surface area contributed by atoms with Crippen LogP contribution in [0.2, 0.25) is 0 Å². The van der Waals surface area contributed by atoms with E-state index in [0.29, 0.717) is 12.2 Å². The summed E-state index contributed by atoms with van der Waals surface area (Å²) < 4.78 is 45.4. The molecule has 26 heavy (non-hydrogen) atoms. The Labute approximate surface area is 149 Å². The molecule has 0 heterocycles. The Hall–Kier alpha value is -2.74. The number of halogens is 3. The van der Waals surface area contributed by atoms with Crippen molar-refractivity contribution < 1.29 is 32.3 Å². The quantitative estimate of drug-likeness (QED) is 0.787. The molecule has 0 saturated heterocycles. The molecule has 1 unspecified atom stereocenters. The number of anilines is 1. The van der Waals surface area contributed by atoms with Crippen molar-refractivity contribution in [2.45, 2.75) is 12.9 Å². The first-order valence-electron chi connectivity index (χ1n) is 7.85. The van der Waals surface area contributed by atoms with Crippen molar-refractivity contribution in [3.05, 3.63) is 54.1 Å². The summed E-state index contributed by atoms with van der Waals surface area (Å²) in [5.41, 5.74) is 1.38. The molecule has 0 radical (unpaired) electrons. The summed E-state index contributed by atoms with van der Waals surface area (Å²) in [6.45, 7) is 0.786. The Balaban J connectivity index is 1.87. The van der Waals surface area contributed by atoms with Crippen molar-refractivity contribution in [2.75, 3.05) is 26.0 Å². The lowest BCUT2D eigenvalue weighted by Gasteiger charge is -2.16. The third-order valence-electron chi connectivity index (χ3n) is 3.52. The van der Waals surface area contributed by atoms with E-state index in [1.54, 1.807) is 7.11 Å². The summed E-state index contributed by atoms with van der Waals surface area (Å²) in [5.74, 6) is 0.170. The lowest BCUT2D eigenvalue weighted by atomic mass is 10.2. The van der Waals surface area contributed by atoms with E-state index in [1.165, 1.54) is 12.1 Å². The summed E-state index contributed by atoms with van der Waals surface area (Å²) in [7, 11) is 3.46. The number of likely N-dealkylation sites (N-methyl/N-ethyl adjacent to an activating group) is 1. The molecule has 0 bridgehead atoms.